The lowest BCUT2D eigenvalue weighted by Crippen LogP contribution is -2.52. The second kappa shape index (κ2) is 9.24. The molecule has 0 saturated carbocycles. The minimum atomic E-state index is 0.219. The van der Waals surface area contributed by atoms with Crippen LogP contribution in [0.5, 0.6) is 0 Å². The monoisotopic (exact) mass is 459 g/mol. The SMILES string of the molecule is C[C@@H]1CN(c2ncccc2Cl)CCN1c1cc(-c2cccc(C#N)c2)nc(N2CCCC2)n1. The summed E-state index contributed by atoms with van der Waals surface area (Å²) in [5.74, 6) is 2.52. The van der Waals surface area contributed by atoms with Crippen molar-refractivity contribution in [3.05, 3.63) is 59.2 Å². The number of nitrogens with zero attached hydrogens (tertiary/aromatic N) is 7. The van der Waals surface area contributed by atoms with Crippen LogP contribution in [-0.4, -0.2) is 53.7 Å². The number of hydrogen-bond acceptors (Lipinski definition) is 7. The molecule has 1 aromatic carbocycles. The fraction of sp³-hybridized carbons (Fsp3) is 0.360. The van der Waals surface area contributed by atoms with Crippen LogP contribution >= 0.6 is 11.6 Å². The average molecular weight is 460 g/mol. The Kier molecular flexibility index (Phi) is 6.01. The third kappa shape index (κ3) is 4.44. The van der Waals surface area contributed by atoms with Crippen molar-refractivity contribution in [3.8, 4) is 17.3 Å². The average Bonchev–Trinajstić information content (AvgIpc) is 3.39. The van der Waals surface area contributed by atoms with Crippen molar-refractivity contribution >= 4 is 29.2 Å². The van der Waals surface area contributed by atoms with Crippen LogP contribution in [-0.2, 0) is 0 Å². The first-order chi connectivity index (χ1) is 16.1. The van der Waals surface area contributed by atoms with Gasteiger partial charge in [0.1, 0.15) is 11.6 Å². The molecule has 168 valence electrons. The summed E-state index contributed by atoms with van der Waals surface area (Å²) in [4.78, 5) is 21.2. The standard InChI is InChI=1S/C25H26ClN7/c1-18-17-32(24-21(26)8-5-9-28-24)12-13-33(18)23-15-22(20-7-4-6-19(14-20)16-27)29-25(30-23)31-10-2-3-11-31/h4-9,14-15,18H,2-3,10-13,17H2,1H3/t18-/m1/s1. The normalized spacial score (nSPS) is 18.5. The van der Waals surface area contributed by atoms with E-state index in [-0.39, 0.29) is 6.04 Å². The largest absolute Gasteiger partial charge is 0.352 e. The molecule has 7 nitrogen and oxygen atoms in total. The van der Waals surface area contributed by atoms with Crippen LogP contribution in [0, 0.1) is 11.3 Å². The number of piperazine rings is 1. The molecule has 2 fully saturated rings. The first kappa shape index (κ1) is 21.5. The number of benzene rings is 1. The quantitative estimate of drug-likeness (QED) is 0.573. The molecule has 8 heteroatoms. The van der Waals surface area contributed by atoms with E-state index in [2.05, 4.69) is 38.7 Å². The van der Waals surface area contributed by atoms with E-state index in [1.807, 2.05) is 36.4 Å². The van der Waals surface area contributed by atoms with Crippen LogP contribution in [0.2, 0.25) is 5.02 Å². The fourth-order valence-corrected chi connectivity index (χ4v) is 4.87. The molecule has 5 rings (SSSR count). The van der Waals surface area contributed by atoms with Crippen molar-refractivity contribution < 1.29 is 0 Å². The molecule has 0 aliphatic carbocycles. The zero-order chi connectivity index (χ0) is 22.8. The number of hydrogen-bond donors (Lipinski definition) is 0. The third-order valence-electron chi connectivity index (χ3n) is 6.34. The molecule has 0 amide bonds. The van der Waals surface area contributed by atoms with E-state index in [0.717, 1.165) is 74.4 Å². The first-order valence-electron chi connectivity index (χ1n) is 11.4. The molecule has 2 saturated heterocycles. The van der Waals surface area contributed by atoms with Crippen LogP contribution < -0.4 is 14.7 Å². The lowest BCUT2D eigenvalue weighted by molar-refractivity contribution is 0.542. The predicted molar refractivity (Wildman–Crippen MR) is 132 cm³/mol. The van der Waals surface area contributed by atoms with Gasteiger partial charge in [0.25, 0.3) is 0 Å². The summed E-state index contributed by atoms with van der Waals surface area (Å²) in [5.41, 5.74) is 2.41. The Labute approximate surface area is 199 Å². The lowest BCUT2D eigenvalue weighted by atomic mass is 10.1. The Morgan fingerprint density at radius 3 is 2.61 bits per heavy atom. The van der Waals surface area contributed by atoms with E-state index in [4.69, 9.17) is 21.6 Å². The van der Waals surface area contributed by atoms with Crippen molar-refractivity contribution in [1.29, 1.82) is 5.26 Å². The van der Waals surface area contributed by atoms with Gasteiger partial charge in [0.15, 0.2) is 0 Å². The van der Waals surface area contributed by atoms with Crippen molar-refractivity contribution in [1.82, 2.24) is 15.0 Å². The van der Waals surface area contributed by atoms with E-state index in [9.17, 15) is 5.26 Å². The topological polar surface area (TPSA) is 72.2 Å². The van der Waals surface area contributed by atoms with Gasteiger partial charge >= 0.3 is 0 Å². The van der Waals surface area contributed by atoms with Gasteiger partial charge in [0.05, 0.1) is 22.3 Å². The molecule has 2 aromatic heterocycles. The number of pyridine rings is 1. The Morgan fingerprint density at radius 2 is 1.85 bits per heavy atom. The second-order valence-electron chi connectivity index (χ2n) is 8.60. The van der Waals surface area contributed by atoms with E-state index in [1.54, 1.807) is 6.20 Å². The molecule has 0 N–H and O–H groups in total. The zero-order valence-electron chi connectivity index (χ0n) is 18.7. The first-order valence-corrected chi connectivity index (χ1v) is 11.8. The molecule has 1 atom stereocenters. The summed E-state index contributed by atoms with van der Waals surface area (Å²) < 4.78 is 0. The Morgan fingerprint density at radius 1 is 1.00 bits per heavy atom. The minimum Gasteiger partial charge on any atom is -0.352 e. The smallest absolute Gasteiger partial charge is 0.227 e. The van der Waals surface area contributed by atoms with Gasteiger partial charge in [-0.2, -0.15) is 10.2 Å². The van der Waals surface area contributed by atoms with Crippen molar-refractivity contribution in [2.45, 2.75) is 25.8 Å². The molecule has 33 heavy (non-hydrogen) atoms. The summed E-state index contributed by atoms with van der Waals surface area (Å²) in [7, 11) is 0. The van der Waals surface area contributed by atoms with E-state index >= 15 is 0 Å². The summed E-state index contributed by atoms with van der Waals surface area (Å²) in [6.45, 7) is 6.58. The molecule has 2 aliphatic heterocycles. The highest BCUT2D eigenvalue weighted by molar-refractivity contribution is 6.32. The Balaban J connectivity index is 1.47. The predicted octanol–water partition coefficient (Wildman–Crippen LogP) is 4.38. The molecule has 0 spiro atoms. The van der Waals surface area contributed by atoms with Crippen LogP contribution in [0.4, 0.5) is 17.6 Å². The van der Waals surface area contributed by atoms with Gasteiger partial charge in [-0.25, -0.2) is 9.97 Å². The number of rotatable bonds is 4. The molecular formula is C25H26ClN7. The highest BCUT2D eigenvalue weighted by Crippen LogP contribution is 2.31. The van der Waals surface area contributed by atoms with Crippen LogP contribution in [0.1, 0.15) is 25.3 Å². The van der Waals surface area contributed by atoms with Gasteiger partial charge in [0.2, 0.25) is 5.95 Å². The number of anilines is 3. The highest BCUT2D eigenvalue weighted by Gasteiger charge is 2.28. The molecule has 3 aromatic rings. The van der Waals surface area contributed by atoms with Crippen LogP contribution in [0.25, 0.3) is 11.3 Å². The van der Waals surface area contributed by atoms with Gasteiger partial charge < -0.3 is 14.7 Å². The number of halogens is 1. The van der Waals surface area contributed by atoms with E-state index < -0.39 is 0 Å². The van der Waals surface area contributed by atoms with Crippen molar-refractivity contribution in [2.75, 3.05) is 47.4 Å². The fourth-order valence-electron chi connectivity index (χ4n) is 4.62. The van der Waals surface area contributed by atoms with E-state index in [1.165, 1.54) is 0 Å². The summed E-state index contributed by atoms with van der Waals surface area (Å²) in [6.07, 6.45) is 4.10. The summed E-state index contributed by atoms with van der Waals surface area (Å²) >= 11 is 6.40. The summed E-state index contributed by atoms with van der Waals surface area (Å²) in [5, 5.41) is 10.0. The molecule has 2 aliphatic rings. The third-order valence-corrected chi connectivity index (χ3v) is 6.63. The Hall–Kier alpha value is -3.37. The molecule has 4 heterocycles. The van der Waals surface area contributed by atoms with Gasteiger partial charge in [-0.1, -0.05) is 23.7 Å². The zero-order valence-corrected chi connectivity index (χ0v) is 19.4. The van der Waals surface area contributed by atoms with Crippen molar-refractivity contribution in [2.24, 2.45) is 0 Å². The van der Waals surface area contributed by atoms with Gasteiger partial charge in [-0.15, -0.1) is 0 Å². The Bertz CT molecular complexity index is 1190. The maximum atomic E-state index is 9.35. The molecular weight excluding hydrogens is 434 g/mol. The van der Waals surface area contributed by atoms with E-state index in [0.29, 0.717) is 10.6 Å². The van der Waals surface area contributed by atoms with Crippen molar-refractivity contribution in [3.63, 3.8) is 0 Å². The second-order valence-corrected chi connectivity index (χ2v) is 9.00. The molecule has 0 unspecified atom stereocenters. The number of nitriles is 1. The van der Waals surface area contributed by atoms with Gasteiger partial charge in [-0.3, -0.25) is 0 Å². The lowest BCUT2D eigenvalue weighted by Gasteiger charge is -2.41. The summed E-state index contributed by atoms with van der Waals surface area (Å²) in [6, 6.07) is 15.9. The highest BCUT2D eigenvalue weighted by atomic mass is 35.5. The van der Waals surface area contributed by atoms with Crippen LogP contribution in [0.15, 0.2) is 48.7 Å². The maximum Gasteiger partial charge on any atom is 0.227 e. The van der Waals surface area contributed by atoms with Crippen LogP contribution in [0.3, 0.4) is 0 Å². The maximum absolute atomic E-state index is 9.35. The van der Waals surface area contributed by atoms with Gasteiger partial charge in [0, 0.05) is 56.6 Å². The minimum absolute atomic E-state index is 0.219. The number of aromatic nitrogens is 3. The molecule has 0 radical (unpaired) electrons. The molecule has 0 bridgehead atoms. The van der Waals surface area contributed by atoms with Gasteiger partial charge in [-0.05, 0) is 44.0 Å².